The van der Waals surface area contributed by atoms with Crippen LogP contribution in [0.15, 0.2) is 24.3 Å². The van der Waals surface area contributed by atoms with Crippen LogP contribution in [0, 0.1) is 0 Å². The number of benzene rings is 1. The molecule has 1 amide bonds. The first kappa shape index (κ1) is 12.9. The van der Waals surface area contributed by atoms with Gasteiger partial charge >= 0.3 is 0 Å². The summed E-state index contributed by atoms with van der Waals surface area (Å²) in [7, 11) is 0. The zero-order valence-corrected chi connectivity index (χ0v) is 10.5. The second-order valence-corrected chi connectivity index (χ2v) is 4.68. The van der Waals surface area contributed by atoms with Crippen LogP contribution in [0.1, 0.15) is 24.8 Å². The summed E-state index contributed by atoms with van der Waals surface area (Å²) >= 11 is 0. The number of nitrogens with one attached hydrogen (secondary N) is 1. The van der Waals surface area contributed by atoms with Gasteiger partial charge in [0, 0.05) is 25.3 Å². The SMILES string of the molecule is Nc1ccc(CCC(=O)NCC2CCCO2)cc1. The third-order valence-electron chi connectivity index (χ3n) is 3.17. The van der Waals surface area contributed by atoms with Gasteiger partial charge in [0.1, 0.15) is 0 Å². The van der Waals surface area contributed by atoms with Gasteiger partial charge in [0.2, 0.25) is 5.91 Å². The maximum Gasteiger partial charge on any atom is 0.220 e. The van der Waals surface area contributed by atoms with Crippen LogP contribution in [-0.4, -0.2) is 25.2 Å². The molecule has 1 heterocycles. The molecule has 18 heavy (non-hydrogen) atoms. The molecule has 4 heteroatoms. The maximum absolute atomic E-state index is 11.6. The Kier molecular flexibility index (Phi) is 4.59. The molecule has 2 rings (SSSR count). The average molecular weight is 248 g/mol. The number of hydrogen-bond acceptors (Lipinski definition) is 3. The van der Waals surface area contributed by atoms with Gasteiger partial charge in [-0.2, -0.15) is 0 Å². The van der Waals surface area contributed by atoms with Gasteiger partial charge in [-0.05, 0) is 37.0 Å². The van der Waals surface area contributed by atoms with Crippen molar-refractivity contribution in [1.29, 1.82) is 0 Å². The molecule has 1 aliphatic rings. The quantitative estimate of drug-likeness (QED) is 0.776. The summed E-state index contributed by atoms with van der Waals surface area (Å²) < 4.78 is 5.45. The van der Waals surface area contributed by atoms with Gasteiger partial charge < -0.3 is 15.8 Å². The molecular formula is C14H20N2O2. The first-order chi connectivity index (χ1) is 8.74. The van der Waals surface area contributed by atoms with Crippen molar-refractivity contribution in [1.82, 2.24) is 5.32 Å². The Balaban J connectivity index is 1.66. The molecule has 0 saturated carbocycles. The lowest BCUT2D eigenvalue weighted by Gasteiger charge is -2.10. The van der Waals surface area contributed by atoms with Gasteiger partial charge in [0.05, 0.1) is 6.10 Å². The zero-order chi connectivity index (χ0) is 12.8. The highest BCUT2D eigenvalue weighted by Gasteiger charge is 2.15. The molecule has 1 aliphatic heterocycles. The molecule has 1 aromatic rings. The Morgan fingerprint density at radius 1 is 1.39 bits per heavy atom. The smallest absolute Gasteiger partial charge is 0.220 e. The third kappa shape index (κ3) is 4.04. The minimum atomic E-state index is 0.0855. The Morgan fingerprint density at radius 2 is 2.17 bits per heavy atom. The van der Waals surface area contributed by atoms with Gasteiger partial charge in [-0.3, -0.25) is 4.79 Å². The highest BCUT2D eigenvalue weighted by Crippen LogP contribution is 2.11. The van der Waals surface area contributed by atoms with Crippen LogP contribution < -0.4 is 11.1 Å². The van der Waals surface area contributed by atoms with Crippen molar-refractivity contribution in [3.05, 3.63) is 29.8 Å². The van der Waals surface area contributed by atoms with Crippen molar-refractivity contribution in [2.75, 3.05) is 18.9 Å². The Labute approximate surface area is 108 Å². The van der Waals surface area contributed by atoms with E-state index in [2.05, 4.69) is 5.32 Å². The molecule has 4 nitrogen and oxygen atoms in total. The van der Waals surface area contributed by atoms with Gasteiger partial charge in [-0.25, -0.2) is 0 Å². The minimum Gasteiger partial charge on any atom is -0.399 e. The van der Waals surface area contributed by atoms with Gasteiger partial charge in [-0.1, -0.05) is 12.1 Å². The van der Waals surface area contributed by atoms with Crippen LogP contribution in [-0.2, 0) is 16.0 Å². The van der Waals surface area contributed by atoms with Crippen LogP contribution >= 0.6 is 0 Å². The number of carbonyl (C=O) groups is 1. The van der Waals surface area contributed by atoms with Crippen LogP contribution in [0.25, 0.3) is 0 Å². The van der Waals surface area contributed by atoms with E-state index in [1.165, 1.54) is 0 Å². The highest BCUT2D eigenvalue weighted by atomic mass is 16.5. The van der Waals surface area contributed by atoms with Gasteiger partial charge in [0.15, 0.2) is 0 Å². The van der Waals surface area contributed by atoms with Crippen molar-refractivity contribution in [3.8, 4) is 0 Å². The molecule has 98 valence electrons. The second-order valence-electron chi connectivity index (χ2n) is 4.68. The van der Waals surface area contributed by atoms with E-state index in [1.54, 1.807) is 0 Å². The fourth-order valence-corrected chi connectivity index (χ4v) is 2.06. The first-order valence-corrected chi connectivity index (χ1v) is 6.47. The van der Waals surface area contributed by atoms with Crippen molar-refractivity contribution in [2.24, 2.45) is 0 Å². The summed E-state index contributed by atoms with van der Waals surface area (Å²) in [6.07, 6.45) is 3.63. The summed E-state index contributed by atoms with van der Waals surface area (Å²) in [6.45, 7) is 1.46. The molecule has 0 spiro atoms. The van der Waals surface area contributed by atoms with E-state index in [1.807, 2.05) is 24.3 Å². The Bertz CT molecular complexity index is 383. The topological polar surface area (TPSA) is 64.4 Å². The molecule has 0 aromatic heterocycles. The first-order valence-electron chi connectivity index (χ1n) is 6.47. The van der Waals surface area contributed by atoms with E-state index in [0.29, 0.717) is 13.0 Å². The molecule has 1 aromatic carbocycles. The van der Waals surface area contributed by atoms with Crippen LogP contribution in [0.5, 0.6) is 0 Å². The van der Waals surface area contributed by atoms with Crippen molar-refractivity contribution >= 4 is 11.6 Å². The molecule has 0 aliphatic carbocycles. The fourth-order valence-electron chi connectivity index (χ4n) is 2.06. The normalized spacial score (nSPS) is 18.8. The monoisotopic (exact) mass is 248 g/mol. The molecular weight excluding hydrogens is 228 g/mol. The Hall–Kier alpha value is -1.55. The predicted octanol–water partition coefficient (Wildman–Crippen LogP) is 1.50. The van der Waals surface area contributed by atoms with E-state index in [-0.39, 0.29) is 12.0 Å². The lowest BCUT2D eigenvalue weighted by atomic mass is 10.1. The summed E-state index contributed by atoms with van der Waals surface area (Å²) in [4.78, 5) is 11.6. The molecule has 0 radical (unpaired) electrons. The summed E-state index contributed by atoms with van der Waals surface area (Å²) in [5.74, 6) is 0.0855. The van der Waals surface area contributed by atoms with E-state index in [4.69, 9.17) is 10.5 Å². The molecule has 3 N–H and O–H groups in total. The van der Waals surface area contributed by atoms with Crippen molar-refractivity contribution in [2.45, 2.75) is 31.8 Å². The van der Waals surface area contributed by atoms with Gasteiger partial charge in [-0.15, -0.1) is 0 Å². The number of nitrogens with two attached hydrogens (primary N) is 1. The van der Waals surface area contributed by atoms with E-state index >= 15 is 0 Å². The number of hydrogen-bond donors (Lipinski definition) is 2. The largest absolute Gasteiger partial charge is 0.399 e. The van der Waals surface area contributed by atoms with Crippen LogP contribution in [0.2, 0.25) is 0 Å². The molecule has 1 atom stereocenters. The summed E-state index contributed by atoms with van der Waals surface area (Å²) in [5.41, 5.74) is 7.49. The lowest BCUT2D eigenvalue weighted by Crippen LogP contribution is -2.31. The van der Waals surface area contributed by atoms with E-state index in [0.717, 1.165) is 37.1 Å². The molecule has 1 saturated heterocycles. The number of rotatable bonds is 5. The van der Waals surface area contributed by atoms with Crippen LogP contribution in [0.3, 0.4) is 0 Å². The molecule has 1 unspecified atom stereocenters. The Morgan fingerprint density at radius 3 is 2.83 bits per heavy atom. The predicted molar refractivity (Wildman–Crippen MR) is 71.2 cm³/mol. The number of amides is 1. The fraction of sp³-hybridized carbons (Fsp3) is 0.500. The standard InChI is InChI=1S/C14H20N2O2/c15-12-6-3-11(4-7-12)5-8-14(17)16-10-13-2-1-9-18-13/h3-4,6-7,13H,1-2,5,8-10,15H2,(H,16,17). The van der Waals surface area contributed by atoms with Gasteiger partial charge in [0.25, 0.3) is 0 Å². The third-order valence-corrected chi connectivity index (χ3v) is 3.17. The van der Waals surface area contributed by atoms with E-state index in [9.17, 15) is 4.79 Å². The average Bonchev–Trinajstić information content (AvgIpc) is 2.89. The van der Waals surface area contributed by atoms with Crippen LogP contribution in [0.4, 0.5) is 5.69 Å². The number of ether oxygens (including phenoxy) is 1. The summed E-state index contributed by atoms with van der Waals surface area (Å²) in [5, 5.41) is 2.92. The summed E-state index contributed by atoms with van der Waals surface area (Å²) in [6, 6.07) is 7.64. The van der Waals surface area contributed by atoms with E-state index < -0.39 is 0 Å². The molecule has 0 bridgehead atoms. The zero-order valence-electron chi connectivity index (χ0n) is 10.5. The lowest BCUT2D eigenvalue weighted by molar-refractivity contribution is -0.121. The van der Waals surface area contributed by atoms with Crippen molar-refractivity contribution < 1.29 is 9.53 Å². The number of nitrogen functional groups attached to an aromatic ring is 1. The molecule has 1 fully saturated rings. The second kappa shape index (κ2) is 6.40. The highest BCUT2D eigenvalue weighted by molar-refractivity contribution is 5.76. The maximum atomic E-state index is 11.6. The number of aryl methyl sites for hydroxylation is 1. The minimum absolute atomic E-state index is 0.0855. The number of anilines is 1. The number of carbonyl (C=O) groups excluding carboxylic acids is 1. The van der Waals surface area contributed by atoms with Crippen molar-refractivity contribution in [3.63, 3.8) is 0 Å².